The number of nitrogens with zero attached hydrogens (tertiary/aromatic N) is 2. The van der Waals surface area contributed by atoms with Crippen molar-refractivity contribution in [1.82, 2.24) is 9.55 Å². The molecule has 0 aliphatic carbocycles. The van der Waals surface area contributed by atoms with Crippen LogP contribution in [0.15, 0.2) is 108 Å². The molecule has 2 heterocycles. The lowest BCUT2D eigenvalue weighted by atomic mass is 10.1. The van der Waals surface area contributed by atoms with Gasteiger partial charge in [-0.3, -0.25) is 14.2 Å². The van der Waals surface area contributed by atoms with Gasteiger partial charge in [-0.05, 0) is 49.4 Å². The summed E-state index contributed by atoms with van der Waals surface area (Å²) >= 11 is 0. The molecular weight excluding hydrogens is 424 g/mol. The van der Waals surface area contributed by atoms with Crippen molar-refractivity contribution in [3.05, 3.63) is 125 Å². The molecule has 0 fully saturated rings. The van der Waals surface area contributed by atoms with Gasteiger partial charge >= 0.3 is 0 Å². The van der Waals surface area contributed by atoms with Gasteiger partial charge in [-0.25, -0.2) is 4.98 Å². The average Bonchev–Trinajstić information content (AvgIpc) is 2.85. The van der Waals surface area contributed by atoms with E-state index in [2.05, 4.69) is 10.6 Å². The third-order valence-electron chi connectivity index (χ3n) is 5.43. The Morgan fingerprint density at radius 1 is 0.794 bits per heavy atom. The molecule has 2 aromatic heterocycles. The highest BCUT2D eigenvalue weighted by Crippen LogP contribution is 2.26. The van der Waals surface area contributed by atoms with Crippen molar-refractivity contribution in [2.45, 2.75) is 6.92 Å². The summed E-state index contributed by atoms with van der Waals surface area (Å²) < 4.78 is 1.87. The molecule has 0 saturated heterocycles. The number of carbonyl (C=O) groups is 1. The van der Waals surface area contributed by atoms with Gasteiger partial charge in [0.15, 0.2) is 11.1 Å². The Morgan fingerprint density at radius 3 is 2.03 bits per heavy atom. The number of rotatable bonds is 5. The number of hydrogen-bond donors (Lipinski definition) is 2. The third kappa shape index (κ3) is 4.17. The van der Waals surface area contributed by atoms with Crippen LogP contribution in [0.25, 0.3) is 16.7 Å². The van der Waals surface area contributed by atoms with Crippen LogP contribution in [0, 0.1) is 6.92 Å². The van der Waals surface area contributed by atoms with Gasteiger partial charge in [0, 0.05) is 28.8 Å². The quantitative estimate of drug-likeness (QED) is 0.364. The van der Waals surface area contributed by atoms with Gasteiger partial charge in [-0.15, -0.1) is 0 Å². The number of fused-ring (bicyclic) bond motifs is 1. The number of hydrogen-bond acceptors (Lipinski definition) is 4. The molecular formula is C28H22N4O2. The zero-order valence-corrected chi connectivity index (χ0v) is 18.5. The molecule has 6 heteroatoms. The molecule has 0 unspecified atom stereocenters. The molecule has 0 bridgehead atoms. The Labute approximate surface area is 196 Å². The molecule has 2 N–H and O–H groups in total. The predicted molar refractivity (Wildman–Crippen MR) is 136 cm³/mol. The molecule has 0 aliphatic rings. The Kier molecular flexibility index (Phi) is 5.62. The van der Waals surface area contributed by atoms with E-state index in [1.54, 1.807) is 18.2 Å². The van der Waals surface area contributed by atoms with Gasteiger partial charge in [0.2, 0.25) is 0 Å². The Balaban J connectivity index is 1.74. The summed E-state index contributed by atoms with van der Waals surface area (Å²) in [4.78, 5) is 31.4. The summed E-state index contributed by atoms with van der Waals surface area (Å²) in [5.41, 5.74) is 3.35. The van der Waals surface area contributed by atoms with Crippen LogP contribution in [0.4, 0.5) is 17.2 Å². The summed E-state index contributed by atoms with van der Waals surface area (Å²) in [5.74, 6) is 0.199. The Hall–Kier alpha value is -4.71. The first kappa shape index (κ1) is 21.2. The topological polar surface area (TPSA) is 76.0 Å². The minimum Gasteiger partial charge on any atom is -0.341 e. The van der Waals surface area contributed by atoms with Crippen molar-refractivity contribution in [3.8, 4) is 5.69 Å². The van der Waals surface area contributed by atoms with Crippen molar-refractivity contribution in [3.63, 3.8) is 0 Å². The number of anilines is 3. The van der Waals surface area contributed by atoms with E-state index in [-0.39, 0.29) is 22.3 Å². The largest absolute Gasteiger partial charge is 0.341 e. The monoisotopic (exact) mass is 446 g/mol. The second-order valence-electron chi connectivity index (χ2n) is 7.89. The molecule has 3 aromatic carbocycles. The molecule has 34 heavy (non-hydrogen) atoms. The molecule has 0 spiro atoms. The van der Waals surface area contributed by atoms with E-state index in [1.165, 1.54) is 6.07 Å². The lowest BCUT2D eigenvalue weighted by Crippen LogP contribution is -2.20. The molecule has 0 aliphatic heterocycles. The van der Waals surface area contributed by atoms with E-state index in [0.717, 1.165) is 11.4 Å². The number of aryl methyl sites for hydroxylation is 1. The van der Waals surface area contributed by atoms with E-state index < -0.39 is 0 Å². The Bertz CT molecular complexity index is 1530. The first-order chi connectivity index (χ1) is 16.6. The second kappa shape index (κ2) is 9.03. The minimum atomic E-state index is -0.359. The smallest absolute Gasteiger partial charge is 0.256 e. The number of carbonyl (C=O) groups excluding carboxylic acids is 1. The van der Waals surface area contributed by atoms with Gasteiger partial charge in [0.25, 0.3) is 5.91 Å². The average molecular weight is 447 g/mol. The van der Waals surface area contributed by atoms with E-state index in [9.17, 15) is 9.59 Å². The predicted octanol–water partition coefficient (Wildman–Crippen LogP) is 5.69. The van der Waals surface area contributed by atoms with Crippen molar-refractivity contribution in [2.75, 3.05) is 10.6 Å². The first-order valence-electron chi connectivity index (χ1n) is 10.9. The summed E-state index contributed by atoms with van der Waals surface area (Å²) in [6.45, 7) is 1.82. The van der Waals surface area contributed by atoms with Crippen molar-refractivity contribution in [2.24, 2.45) is 0 Å². The van der Waals surface area contributed by atoms with Crippen molar-refractivity contribution >= 4 is 34.1 Å². The molecule has 1 amide bonds. The van der Waals surface area contributed by atoms with Crippen LogP contribution in [-0.2, 0) is 0 Å². The van der Waals surface area contributed by atoms with Gasteiger partial charge in [-0.1, -0.05) is 54.6 Å². The van der Waals surface area contributed by atoms with Crippen molar-refractivity contribution in [1.29, 1.82) is 0 Å². The number of para-hydroxylation sites is 3. The normalized spacial score (nSPS) is 10.7. The van der Waals surface area contributed by atoms with Crippen LogP contribution in [0.1, 0.15) is 16.1 Å². The zero-order valence-electron chi connectivity index (χ0n) is 18.5. The van der Waals surface area contributed by atoms with E-state index in [4.69, 9.17) is 4.98 Å². The molecule has 0 radical (unpaired) electrons. The summed E-state index contributed by atoms with van der Waals surface area (Å²) in [7, 11) is 0. The highest BCUT2D eigenvalue weighted by molar-refractivity contribution is 6.12. The molecule has 0 saturated carbocycles. The van der Waals surface area contributed by atoms with Crippen LogP contribution in [0.2, 0.25) is 0 Å². The van der Waals surface area contributed by atoms with Crippen LogP contribution < -0.4 is 16.1 Å². The Morgan fingerprint density at radius 2 is 1.38 bits per heavy atom. The number of nitrogens with one attached hydrogen (secondary N) is 2. The number of aromatic nitrogens is 2. The van der Waals surface area contributed by atoms with Gasteiger partial charge in [-0.2, -0.15) is 0 Å². The summed E-state index contributed by atoms with van der Waals surface area (Å²) in [6.07, 6.45) is 0. The third-order valence-corrected chi connectivity index (χ3v) is 5.43. The van der Waals surface area contributed by atoms with E-state index in [0.29, 0.717) is 22.8 Å². The highest BCUT2D eigenvalue weighted by Gasteiger charge is 2.20. The molecule has 0 atom stereocenters. The second-order valence-corrected chi connectivity index (χ2v) is 7.89. The standard InChI is InChI=1S/C28H22N4O2/c1-19-17-23(28(34)31-21-13-7-3-8-14-21)26-24(33)18-25(30-20-11-5-2-6-12-20)32(27(26)29-19)22-15-9-4-10-16-22/h2-18,30H,1H3,(H,31,34). The number of amides is 1. The minimum absolute atomic E-state index is 0.265. The van der Waals surface area contributed by atoms with Crippen LogP contribution in [-0.4, -0.2) is 15.5 Å². The summed E-state index contributed by atoms with van der Waals surface area (Å²) in [5, 5.41) is 6.49. The van der Waals surface area contributed by atoms with Gasteiger partial charge < -0.3 is 10.6 Å². The zero-order chi connectivity index (χ0) is 23.5. The van der Waals surface area contributed by atoms with Crippen LogP contribution in [0.5, 0.6) is 0 Å². The summed E-state index contributed by atoms with van der Waals surface area (Å²) in [6, 6.07) is 31.6. The van der Waals surface area contributed by atoms with Crippen LogP contribution >= 0.6 is 0 Å². The molecule has 166 valence electrons. The maximum absolute atomic E-state index is 13.4. The van der Waals surface area contributed by atoms with Gasteiger partial charge in [0.1, 0.15) is 5.82 Å². The van der Waals surface area contributed by atoms with Crippen molar-refractivity contribution < 1.29 is 4.79 Å². The van der Waals surface area contributed by atoms with E-state index >= 15 is 0 Å². The first-order valence-corrected chi connectivity index (χ1v) is 10.9. The van der Waals surface area contributed by atoms with Gasteiger partial charge in [0.05, 0.1) is 10.9 Å². The fraction of sp³-hybridized carbons (Fsp3) is 0.0357. The number of benzene rings is 3. The molecule has 5 aromatic rings. The SMILES string of the molecule is Cc1cc(C(=O)Nc2ccccc2)c2c(=O)cc(Nc3ccccc3)n(-c3ccccc3)c2n1. The molecule has 6 nitrogen and oxygen atoms in total. The lowest BCUT2D eigenvalue weighted by molar-refractivity contribution is 0.102. The van der Waals surface area contributed by atoms with E-state index in [1.807, 2.05) is 90.4 Å². The van der Waals surface area contributed by atoms with Crippen LogP contribution in [0.3, 0.4) is 0 Å². The molecule has 5 rings (SSSR count). The number of pyridine rings is 2. The maximum atomic E-state index is 13.4. The maximum Gasteiger partial charge on any atom is 0.256 e. The fourth-order valence-corrected chi connectivity index (χ4v) is 3.94. The fourth-order valence-electron chi connectivity index (χ4n) is 3.94. The lowest BCUT2D eigenvalue weighted by Gasteiger charge is -2.19. The highest BCUT2D eigenvalue weighted by atomic mass is 16.1.